The zero-order valence-corrected chi connectivity index (χ0v) is 14.5. The fraction of sp³-hybridized carbons (Fsp3) is 0.400. The molecule has 5 nitrogen and oxygen atoms in total. The normalized spacial score (nSPS) is 25.2. The summed E-state index contributed by atoms with van der Waals surface area (Å²) in [5.74, 6) is -0.444. The van der Waals surface area contributed by atoms with Gasteiger partial charge in [-0.25, -0.2) is 4.39 Å². The van der Waals surface area contributed by atoms with Crippen LogP contribution in [0.25, 0.3) is 0 Å². The lowest BCUT2D eigenvalue weighted by molar-refractivity contribution is -0.127. The third-order valence-electron chi connectivity index (χ3n) is 5.26. The monoisotopic (exact) mass is 355 g/mol. The van der Waals surface area contributed by atoms with Gasteiger partial charge < -0.3 is 10.1 Å². The minimum atomic E-state index is -0.231. The number of hydrogen-bond acceptors (Lipinski definition) is 4. The van der Waals surface area contributed by atoms with E-state index >= 15 is 0 Å². The second-order valence-corrected chi connectivity index (χ2v) is 6.90. The molecule has 26 heavy (non-hydrogen) atoms. The first kappa shape index (κ1) is 17.1. The Morgan fingerprint density at radius 2 is 2.19 bits per heavy atom. The maximum Gasteiger partial charge on any atom is 0.227 e. The second kappa shape index (κ2) is 7.51. The van der Waals surface area contributed by atoms with Gasteiger partial charge in [-0.3, -0.25) is 14.7 Å². The molecule has 2 aliphatic rings. The van der Waals surface area contributed by atoms with Gasteiger partial charge in [0, 0.05) is 50.2 Å². The summed E-state index contributed by atoms with van der Waals surface area (Å²) in [6.45, 7) is 2.19. The Morgan fingerprint density at radius 1 is 1.31 bits per heavy atom. The number of rotatable bonds is 5. The van der Waals surface area contributed by atoms with Gasteiger partial charge in [0.25, 0.3) is 0 Å². The molecule has 0 aliphatic carbocycles. The van der Waals surface area contributed by atoms with Crippen molar-refractivity contribution in [3.8, 4) is 0 Å². The Morgan fingerprint density at radius 3 is 3.00 bits per heavy atom. The summed E-state index contributed by atoms with van der Waals surface area (Å²) in [6.07, 6.45) is 4.22. The highest BCUT2D eigenvalue weighted by Crippen LogP contribution is 2.34. The fourth-order valence-corrected chi connectivity index (χ4v) is 3.95. The van der Waals surface area contributed by atoms with E-state index in [1.807, 2.05) is 18.2 Å². The molecule has 0 spiro atoms. The average Bonchev–Trinajstić information content (AvgIpc) is 3.26. The molecule has 2 aromatic rings. The quantitative estimate of drug-likeness (QED) is 0.893. The van der Waals surface area contributed by atoms with E-state index < -0.39 is 0 Å². The molecule has 1 aromatic carbocycles. The van der Waals surface area contributed by atoms with E-state index in [4.69, 9.17) is 4.74 Å². The number of nitrogens with one attached hydrogen (secondary N) is 1. The number of benzene rings is 1. The van der Waals surface area contributed by atoms with E-state index in [0.717, 1.165) is 12.0 Å². The van der Waals surface area contributed by atoms with Crippen LogP contribution in [-0.2, 0) is 22.6 Å². The minimum Gasteiger partial charge on any atom is -0.376 e. The number of fused-ring (bicyclic) bond motifs is 1. The first-order chi connectivity index (χ1) is 12.7. The number of hydrogen-bond donors (Lipinski definition) is 1. The van der Waals surface area contributed by atoms with Crippen LogP contribution >= 0.6 is 0 Å². The molecule has 0 unspecified atom stereocenters. The second-order valence-electron chi connectivity index (χ2n) is 6.90. The van der Waals surface area contributed by atoms with E-state index in [9.17, 15) is 9.18 Å². The fourth-order valence-electron chi connectivity index (χ4n) is 3.95. The number of nitrogens with zero attached hydrogens (tertiary/aromatic N) is 2. The highest BCUT2D eigenvalue weighted by molar-refractivity contribution is 5.80. The van der Waals surface area contributed by atoms with Gasteiger partial charge in [0.05, 0.1) is 12.0 Å². The summed E-state index contributed by atoms with van der Waals surface area (Å²) in [4.78, 5) is 19.0. The third-order valence-corrected chi connectivity index (χ3v) is 5.26. The topological polar surface area (TPSA) is 54.5 Å². The van der Waals surface area contributed by atoms with Crippen LogP contribution < -0.4 is 5.32 Å². The number of ether oxygens (including phenoxy) is 1. The summed E-state index contributed by atoms with van der Waals surface area (Å²) in [7, 11) is 0. The van der Waals surface area contributed by atoms with Crippen molar-refractivity contribution in [1.29, 1.82) is 0 Å². The molecule has 1 N–H and O–H groups in total. The van der Waals surface area contributed by atoms with Crippen molar-refractivity contribution in [2.45, 2.75) is 31.7 Å². The first-order valence-corrected chi connectivity index (χ1v) is 8.98. The van der Waals surface area contributed by atoms with Crippen molar-refractivity contribution in [1.82, 2.24) is 15.2 Å². The van der Waals surface area contributed by atoms with Crippen molar-refractivity contribution in [2.24, 2.45) is 5.92 Å². The standard InChI is InChI=1S/C20H22FN3O2/c21-17-6-2-1-5-15(17)12-24-13-16(19-18(24)7-9-26-19)20(25)23-11-14-4-3-8-22-10-14/h1-6,8,10,16,18-19H,7,9,11-13H2,(H,23,25)/t16-,18+,19+/m0/s1. The van der Waals surface area contributed by atoms with Crippen LogP contribution in [0.3, 0.4) is 0 Å². The number of aromatic nitrogens is 1. The minimum absolute atomic E-state index is 0.0122. The highest BCUT2D eigenvalue weighted by atomic mass is 19.1. The van der Waals surface area contributed by atoms with Crippen LogP contribution in [-0.4, -0.2) is 41.1 Å². The van der Waals surface area contributed by atoms with Crippen LogP contribution in [0, 0.1) is 11.7 Å². The van der Waals surface area contributed by atoms with Crippen LogP contribution in [0.15, 0.2) is 48.8 Å². The summed E-state index contributed by atoms with van der Waals surface area (Å²) in [6, 6.07) is 10.8. The number of amides is 1. The Bertz CT molecular complexity index is 771. The average molecular weight is 355 g/mol. The molecule has 2 aliphatic heterocycles. The first-order valence-electron chi connectivity index (χ1n) is 8.98. The van der Waals surface area contributed by atoms with Gasteiger partial charge in [-0.15, -0.1) is 0 Å². The Balaban J connectivity index is 1.42. The highest BCUT2D eigenvalue weighted by Gasteiger charge is 2.48. The van der Waals surface area contributed by atoms with E-state index in [1.165, 1.54) is 6.07 Å². The van der Waals surface area contributed by atoms with Crippen LogP contribution in [0.1, 0.15) is 17.5 Å². The van der Waals surface area contributed by atoms with Gasteiger partial charge in [-0.2, -0.15) is 0 Å². The van der Waals surface area contributed by atoms with Crippen LogP contribution in [0.4, 0.5) is 4.39 Å². The zero-order chi connectivity index (χ0) is 17.9. The van der Waals surface area contributed by atoms with Gasteiger partial charge in [0.15, 0.2) is 0 Å². The number of halogens is 1. The lowest BCUT2D eigenvalue weighted by atomic mass is 10.0. The van der Waals surface area contributed by atoms with Gasteiger partial charge >= 0.3 is 0 Å². The lowest BCUT2D eigenvalue weighted by Crippen LogP contribution is -2.37. The van der Waals surface area contributed by atoms with E-state index in [2.05, 4.69) is 15.2 Å². The summed E-state index contributed by atoms with van der Waals surface area (Å²) in [5, 5.41) is 2.99. The third kappa shape index (κ3) is 3.48. The van der Waals surface area contributed by atoms with Crippen molar-refractivity contribution in [3.05, 3.63) is 65.7 Å². The van der Waals surface area contributed by atoms with Crippen LogP contribution in [0.5, 0.6) is 0 Å². The predicted molar refractivity (Wildman–Crippen MR) is 94.5 cm³/mol. The molecular weight excluding hydrogens is 333 g/mol. The summed E-state index contributed by atoms with van der Waals surface area (Å²) < 4.78 is 19.9. The molecule has 3 heterocycles. The van der Waals surface area contributed by atoms with Gasteiger partial charge in [-0.1, -0.05) is 24.3 Å². The van der Waals surface area contributed by atoms with E-state index in [-0.39, 0.29) is 29.8 Å². The van der Waals surface area contributed by atoms with Crippen molar-refractivity contribution in [2.75, 3.05) is 13.2 Å². The SMILES string of the molecule is O=C(NCc1cccnc1)[C@H]1CN(Cc2ccccc2F)[C@@H]2CCO[C@H]12. The zero-order valence-electron chi connectivity index (χ0n) is 14.5. The van der Waals surface area contributed by atoms with Gasteiger partial charge in [-0.05, 0) is 24.1 Å². The summed E-state index contributed by atoms with van der Waals surface area (Å²) in [5.41, 5.74) is 1.63. The number of carbonyl (C=O) groups excluding carboxylic acids is 1. The molecule has 0 bridgehead atoms. The largest absolute Gasteiger partial charge is 0.376 e. The molecule has 0 radical (unpaired) electrons. The molecule has 0 saturated carbocycles. The maximum absolute atomic E-state index is 14.0. The predicted octanol–water partition coefficient (Wildman–Crippen LogP) is 2.13. The van der Waals surface area contributed by atoms with E-state index in [1.54, 1.807) is 24.5 Å². The number of carbonyl (C=O) groups is 1. The Hall–Kier alpha value is -2.31. The van der Waals surface area contributed by atoms with Gasteiger partial charge in [0.2, 0.25) is 5.91 Å². The van der Waals surface area contributed by atoms with Gasteiger partial charge in [0.1, 0.15) is 5.82 Å². The number of likely N-dealkylation sites (tertiary alicyclic amines) is 1. The maximum atomic E-state index is 14.0. The lowest BCUT2D eigenvalue weighted by Gasteiger charge is -2.22. The molecule has 1 amide bonds. The molecule has 4 rings (SSSR count). The molecule has 3 atom stereocenters. The molecule has 136 valence electrons. The van der Waals surface area contributed by atoms with E-state index in [0.29, 0.717) is 31.8 Å². The number of pyridine rings is 1. The Labute approximate surface area is 152 Å². The summed E-state index contributed by atoms with van der Waals surface area (Å²) >= 11 is 0. The molecular formula is C20H22FN3O2. The Kier molecular flexibility index (Phi) is 4.95. The van der Waals surface area contributed by atoms with Crippen molar-refractivity contribution >= 4 is 5.91 Å². The molecule has 6 heteroatoms. The molecule has 1 aromatic heterocycles. The van der Waals surface area contributed by atoms with Crippen molar-refractivity contribution in [3.63, 3.8) is 0 Å². The van der Waals surface area contributed by atoms with Crippen molar-refractivity contribution < 1.29 is 13.9 Å². The molecule has 2 fully saturated rings. The smallest absolute Gasteiger partial charge is 0.227 e. The molecule has 2 saturated heterocycles. The van der Waals surface area contributed by atoms with Crippen LogP contribution in [0.2, 0.25) is 0 Å².